The number of methoxy groups -OCH3 is 1. The minimum absolute atomic E-state index is 0.657. The van der Waals surface area contributed by atoms with E-state index in [1.807, 2.05) is 60.7 Å². The number of benzene rings is 2. The van der Waals surface area contributed by atoms with Gasteiger partial charge in [-0.25, -0.2) is 4.98 Å². The molecule has 4 aromatic rings. The van der Waals surface area contributed by atoms with Crippen LogP contribution in [0.4, 0.5) is 0 Å². The van der Waals surface area contributed by atoms with Crippen molar-refractivity contribution in [3.05, 3.63) is 60.7 Å². The molecule has 0 saturated heterocycles. The SMILES string of the molecule is COc1ccc(-c2nc(-c3ccccc3)cc3nnnn23)cc1. The number of fused-ring (bicyclic) bond motifs is 1. The van der Waals surface area contributed by atoms with Crippen molar-refractivity contribution in [3.8, 4) is 28.4 Å². The molecule has 0 saturated carbocycles. The van der Waals surface area contributed by atoms with Crippen molar-refractivity contribution in [1.82, 2.24) is 25.0 Å². The van der Waals surface area contributed by atoms with Crippen LogP contribution >= 0.6 is 0 Å². The number of hydrogen-bond donors (Lipinski definition) is 0. The third-order valence-electron chi connectivity index (χ3n) is 3.60. The van der Waals surface area contributed by atoms with Gasteiger partial charge in [-0.2, -0.15) is 4.52 Å². The van der Waals surface area contributed by atoms with E-state index in [4.69, 9.17) is 9.72 Å². The molecule has 0 N–H and O–H groups in total. The fraction of sp³-hybridized carbons (Fsp3) is 0.0588. The second kappa shape index (κ2) is 5.49. The summed E-state index contributed by atoms with van der Waals surface area (Å²) in [6, 6.07) is 19.5. The molecule has 0 fully saturated rings. The van der Waals surface area contributed by atoms with Crippen LogP contribution in [0, 0.1) is 0 Å². The summed E-state index contributed by atoms with van der Waals surface area (Å²) >= 11 is 0. The van der Waals surface area contributed by atoms with E-state index in [9.17, 15) is 0 Å². The number of ether oxygens (including phenoxy) is 1. The second-order valence-corrected chi connectivity index (χ2v) is 5.01. The first-order valence-corrected chi connectivity index (χ1v) is 7.14. The Kier molecular flexibility index (Phi) is 3.20. The van der Waals surface area contributed by atoms with E-state index in [0.717, 1.165) is 22.6 Å². The summed E-state index contributed by atoms with van der Waals surface area (Å²) in [5.41, 5.74) is 3.43. The molecule has 2 aromatic carbocycles. The van der Waals surface area contributed by atoms with Crippen molar-refractivity contribution < 1.29 is 4.74 Å². The summed E-state index contributed by atoms with van der Waals surface area (Å²) in [5, 5.41) is 11.9. The maximum Gasteiger partial charge on any atom is 0.183 e. The highest BCUT2D eigenvalue weighted by Gasteiger charge is 2.12. The van der Waals surface area contributed by atoms with Crippen LogP contribution in [-0.4, -0.2) is 32.1 Å². The molecule has 0 aliphatic rings. The Morgan fingerprint density at radius 1 is 0.913 bits per heavy atom. The Balaban J connectivity index is 1.92. The Morgan fingerprint density at radius 3 is 2.43 bits per heavy atom. The molecule has 0 unspecified atom stereocenters. The molecule has 2 heterocycles. The number of nitrogens with zero attached hydrogens (tertiary/aromatic N) is 5. The van der Waals surface area contributed by atoms with Crippen LogP contribution in [-0.2, 0) is 0 Å². The van der Waals surface area contributed by atoms with Gasteiger partial charge in [0.05, 0.1) is 12.8 Å². The van der Waals surface area contributed by atoms with Gasteiger partial charge in [0.1, 0.15) is 5.75 Å². The summed E-state index contributed by atoms with van der Waals surface area (Å²) in [6.45, 7) is 0. The fourth-order valence-electron chi connectivity index (χ4n) is 2.43. The average Bonchev–Trinajstić information content (AvgIpc) is 3.10. The molecule has 2 aromatic heterocycles. The van der Waals surface area contributed by atoms with E-state index < -0.39 is 0 Å². The minimum Gasteiger partial charge on any atom is -0.497 e. The van der Waals surface area contributed by atoms with Gasteiger partial charge in [0.2, 0.25) is 0 Å². The van der Waals surface area contributed by atoms with E-state index >= 15 is 0 Å². The lowest BCUT2D eigenvalue weighted by Crippen LogP contribution is -2.00. The molecular weight excluding hydrogens is 290 g/mol. The predicted octanol–water partition coefficient (Wildman–Crippen LogP) is 2.86. The first-order chi connectivity index (χ1) is 11.3. The zero-order valence-corrected chi connectivity index (χ0v) is 12.4. The van der Waals surface area contributed by atoms with Gasteiger partial charge >= 0.3 is 0 Å². The maximum atomic E-state index is 5.20. The van der Waals surface area contributed by atoms with Gasteiger partial charge in [-0.1, -0.05) is 30.3 Å². The van der Waals surface area contributed by atoms with Crippen LogP contribution < -0.4 is 4.74 Å². The molecule has 112 valence electrons. The van der Waals surface area contributed by atoms with Gasteiger partial charge in [0.15, 0.2) is 11.5 Å². The lowest BCUT2D eigenvalue weighted by atomic mass is 10.1. The van der Waals surface area contributed by atoms with Gasteiger partial charge in [0.25, 0.3) is 0 Å². The maximum absolute atomic E-state index is 5.20. The third kappa shape index (κ3) is 2.40. The van der Waals surface area contributed by atoms with E-state index in [2.05, 4.69) is 15.5 Å². The van der Waals surface area contributed by atoms with Gasteiger partial charge in [-0.05, 0) is 34.7 Å². The molecule has 0 atom stereocenters. The molecule has 23 heavy (non-hydrogen) atoms. The Hall–Kier alpha value is -3.28. The van der Waals surface area contributed by atoms with Crippen molar-refractivity contribution in [2.24, 2.45) is 0 Å². The Labute approximate surface area is 132 Å². The van der Waals surface area contributed by atoms with Gasteiger partial charge in [-0.15, -0.1) is 5.10 Å². The van der Waals surface area contributed by atoms with Crippen molar-refractivity contribution in [2.45, 2.75) is 0 Å². The van der Waals surface area contributed by atoms with Crippen molar-refractivity contribution in [3.63, 3.8) is 0 Å². The summed E-state index contributed by atoms with van der Waals surface area (Å²) < 4.78 is 6.84. The molecular formula is C17H13N5O. The first-order valence-electron chi connectivity index (χ1n) is 7.14. The van der Waals surface area contributed by atoms with E-state index in [-0.39, 0.29) is 0 Å². The molecule has 0 aliphatic carbocycles. The summed E-state index contributed by atoms with van der Waals surface area (Å²) in [6.07, 6.45) is 0. The van der Waals surface area contributed by atoms with E-state index in [1.54, 1.807) is 11.6 Å². The molecule has 0 spiro atoms. The van der Waals surface area contributed by atoms with Crippen molar-refractivity contribution >= 4 is 5.65 Å². The lowest BCUT2D eigenvalue weighted by Gasteiger charge is -2.07. The van der Waals surface area contributed by atoms with Crippen molar-refractivity contribution in [2.75, 3.05) is 7.11 Å². The Bertz CT molecular complexity index is 948. The summed E-state index contributed by atoms with van der Waals surface area (Å²) in [5.74, 6) is 1.48. The number of aromatic nitrogens is 5. The normalized spacial score (nSPS) is 10.8. The van der Waals surface area contributed by atoms with E-state index in [1.165, 1.54) is 0 Å². The monoisotopic (exact) mass is 303 g/mol. The van der Waals surface area contributed by atoms with Crippen LogP contribution in [0.1, 0.15) is 0 Å². The molecule has 0 radical (unpaired) electrons. The zero-order valence-electron chi connectivity index (χ0n) is 12.4. The number of tetrazole rings is 1. The predicted molar refractivity (Wildman–Crippen MR) is 86.0 cm³/mol. The third-order valence-corrected chi connectivity index (χ3v) is 3.60. The second-order valence-electron chi connectivity index (χ2n) is 5.01. The molecule has 0 amide bonds. The quantitative estimate of drug-likeness (QED) is 0.582. The van der Waals surface area contributed by atoms with Crippen LogP contribution in [0.5, 0.6) is 5.75 Å². The topological polar surface area (TPSA) is 65.2 Å². The van der Waals surface area contributed by atoms with Gasteiger partial charge in [-0.3, -0.25) is 0 Å². The first kappa shape index (κ1) is 13.4. The van der Waals surface area contributed by atoms with Crippen LogP contribution in [0.3, 0.4) is 0 Å². The standard InChI is InChI=1S/C17H13N5O/c1-23-14-9-7-13(8-10-14)17-18-15(12-5-3-2-4-6-12)11-16-19-20-21-22(16)17/h2-11H,1H3. The molecule has 4 rings (SSSR count). The molecule has 0 aliphatic heterocycles. The van der Waals surface area contributed by atoms with Crippen LogP contribution in [0.25, 0.3) is 28.3 Å². The minimum atomic E-state index is 0.657. The van der Waals surface area contributed by atoms with Gasteiger partial charge in [0, 0.05) is 17.2 Å². The van der Waals surface area contributed by atoms with E-state index in [0.29, 0.717) is 11.5 Å². The van der Waals surface area contributed by atoms with Crippen molar-refractivity contribution in [1.29, 1.82) is 0 Å². The largest absolute Gasteiger partial charge is 0.497 e. The Morgan fingerprint density at radius 2 is 1.70 bits per heavy atom. The lowest BCUT2D eigenvalue weighted by molar-refractivity contribution is 0.415. The highest BCUT2D eigenvalue weighted by Crippen LogP contribution is 2.25. The highest BCUT2D eigenvalue weighted by molar-refractivity contribution is 5.68. The summed E-state index contributed by atoms with van der Waals surface area (Å²) in [7, 11) is 1.64. The average molecular weight is 303 g/mol. The smallest absolute Gasteiger partial charge is 0.183 e. The zero-order chi connectivity index (χ0) is 15.6. The van der Waals surface area contributed by atoms with Gasteiger partial charge < -0.3 is 4.74 Å². The van der Waals surface area contributed by atoms with Crippen LogP contribution in [0.2, 0.25) is 0 Å². The number of hydrogen-bond acceptors (Lipinski definition) is 5. The fourth-order valence-corrected chi connectivity index (χ4v) is 2.43. The molecule has 6 nitrogen and oxygen atoms in total. The highest BCUT2D eigenvalue weighted by atomic mass is 16.5. The summed E-state index contributed by atoms with van der Waals surface area (Å²) in [4.78, 5) is 4.75. The van der Waals surface area contributed by atoms with Crippen LogP contribution in [0.15, 0.2) is 60.7 Å². The molecule has 0 bridgehead atoms. The number of rotatable bonds is 3. The molecule has 6 heteroatoms.